The number of halogens is 1. The van der Waals surface area contributed by atoms with E-state index >= 15 is 0 Å². The third-order valence-corrected chi connectivity index (χ3v) is 6.56. The lowest BCUT2D eigenvalue weighted by molar-refractivity contribution is -0.185. The molecule has 7 nitrogen and oxygen atoms in total. The number of hydrogen-bond acceptors (Lipinski definition) is 8. The van der Waals surface area contributed by atoms with Gasteiger partial charge in [0, 0.05) is 22.6 Å². The Morgan fingerprint density at radius 2 is 1.76 bits per heavy atom. The molecule has 1 aromatic heterocycles. The molecule has 0 fully saturated rings. The molecule has 1 atom stereocenters. The number of aromatic nitrogens is 2. The molecule has 0 saturated heterocycles. The third kappa shape index (κ3) is 3.34. The number of esters is 1. The quantitative estimate of drug-likeness (QED) is 0.433. The van der Waals surface area contributed by atoms with E-state index in [9.17, 15) is 9.90 Å². The Morgan fingerprint density at radius 1 is 0.970 bits per heavy atom. The lowest BCUT2D eigenvalue weighted by atomic mass is 9.88. The van der Waals surface area contributed by atoms with Crippen LogP contribution in [0.4, 0.5) is 0 Å². The van der Waals surface area contributed by atoms with Crippen LogP contribution in [0.25, 0.3) is 16.6 Å². The first-order valence-corrected chi connectivity index (χ1v) is 11.2. The van der Waals surface area contributed by atoms with E-state index in [1.807, 2.05) is 12.1 Å². The number of rotatable bonds is 4. The molecule has 0 spiro atoms. The van der Waals surface area contributed by atoms with E-state index in [-0.39, 0.29) is 18.8 Å². The van der Waals surface area contributed by atoms with Gasteiger partial charge in [0.05, 0.1) is 17.3 Å². The number of hydrogen-bond donors (Lipinski definition) is 1. The molecule has 0 amide bonds. The molecule has 0 aliphatic carbocycles. The Hall–Kier alpha value is -3.46. The van der Waals surface area contributed by atoms with Crippen molar-refractivity contribution in [1.82, 2.24) is 8.75 Å². The summed E-state index contributed by atoms with van der Waals surface area (Å²) in [7, 11) is 0. The van der Waals surface area contributed by atoms with Crippen LogP contribution in [0.15, 0.2) is 66.2 Å². The standard InChI is InChI=1S/C24H15ClN2O5S/c25-16-5-1-13(2-6-16)9-17-22(14-3-8-20-21(10-14)31-12-30-20)23(28)32-24(17,29)15-4-7-18-19(11-15)27-33-26-18/h1-8,10-11,29H,9,12H2. The molecule has 1 N–H and O–H groups in total. The number of ether oxygens (including phenoxy) is 3. The summed E-state index contributed by atoms with van der Waals surface area (Å²) in [6.45, 7) is 0.117. The Bertz CT molecular complexity index is 1450. The minimum absolute atomic E-state index is 0.117. The Morgan fingerprint density at radius 3 is 2.61 bits per heavy atom. The van der Waals surface area contributed by atoms with Crippen molar-refractivity contribution < 1.29 is 24.1 Å². The average Bonchev–Trinajstić information content (AvgIpc) is 3.53. The SMILES string of the molecule is O=C1OC(O)(c2ccc3nsnc3c2)C(Cc2ccc(Cl)cc2)=C1c1ccc2c(c1)OCO2. The second-order valence-electron chi connectivity index (χ2n) is 7.73. The lowest BCUT2D eigenvalue weighted by Crippen LogP contribution is -2.29. The monoisotopic (exact) mass is 478 g/mol. The minimum Gasteiger partial charge on any atom is -0.454 e. The summed E-state index contributed by atoms with van der Waals surface area (Å²) in [5.41, 5.74) is 3.84. The fourth-order valence-corrected chi connectivity index (χ4v) is 4.77. The van der Waals surface area contributed by atoms with Crippen LogP contribution in [0.5, 0.6) is 11.5 Å². The fraction of sp³-hybridized carbons (Fsp3) is 0.125. The third-order valence-electron chi connectivity index (χ3n) is 5.76. The van der Waals surface area contributed by atoms with Crippen molar-refractivity contribution in [3.8, 4) is 11.5 Å². The summed E-state index contributed by atoms with van der Waals surface area (Å²) in [6, 6.07) is 17.6. The summed E-state index contributed by atoms with van der Waals surface area (Å²) in [5, 5.41) is 12.4. The molecule has 0 bridgehead atoms. The number of carbonyl (C=O) groups excluding carboxylic acids is 1. The molecule has 6 rings (SSSR count). The van der Waals surface area contributed by atoms with Crippen LogP contribution >= 0.6 is 23.3 Å². The average molecular weight is 479 g/mol. The maximum absolute atomic E-state index is 13.2. The van der Waals surface area contributed by atoms with Gasteiger partial charge in [0.1, 0.15) is 11.0 Å². The van der Waals surface area contributed by atoms with Gasteiger partial charge in [0.2, 0.25) is 6.79 Å². The summed E-state index contributed by atoms with van der Waals surface area (Å²) >= 11 is 7.13. The molecule has 33 heavy (non-hydrogen) atoms. The molecule has 4 aromatic rings. The highest BCUT2D eigenvalue weighted by Crippen LogP contribution is 2.46. The van der Waals surface area contributed by atoms with Crippen molar-refractivity contribution in [2.75, 3.05) is 6.79 Å². The number of nitrogens with zero attached hydrogens (tertiary/aromatic N) is 2. The zero-order valence-corrected chi connectivity index (χ0v) is 18.5. The van der Waals surface area contributed by atoms with E-state index in [4.69, 9.17) is 25.8 Å². The second-order valence-corrected chi connectivity index (χ2v) is 8.69. The van der Waals surface area contributed by atoms with Gasteiger partial charge in [0.25, 0.3) is 5.79 Å². The molecule has 164 valence electrons. The van der Waals surface area contributed by atoms with Gasteiger partial charge in [-0.25, -0.2) is 4.79 Å². The maximum Gasteiger partial charge on any atom is 0.342 e. The topological polar surface area (TPSA) is 90.8 Å². The number of fused-ring (bicyclic) bond motifs is 2. The van der Waals surface area contributed by atoms with Crippen LogP contribution in [0.2, 0.25) is 5.02 Å². The number of benzene rings is 3. The van der Waals surface area contributed by atoms with Gasteiger partial charge < -0.3 is 19.3 Å². The Kier molecular flexibility index (Phi) is 4.62. The lowest BCUT2D eigenvalue weighted by Gasteiger charge is -2.25. The minimum atomic E-state index is -1.97. The highest BCUT2D eigenvalue weighted by molar-refractivity contribution is 7.00. The molecule has 0 radical (unpaired) electrons. The molecule has 2 aliphatic rings. The van der Waals surface area contributed by atoms with Gasteiger partial charge in [-0.3, -0.25) is 0 Å². The van der Waals surface area contributed by atoms with Crippen LogP contribution in [-0.4, -0.2) is 26.6 Å². The molecular weight excluding hydrogens is 464 g/mol. The van der Waals surface area contributed by atoms with Crippen molar-refractivity contribution in [3.05, 3.63) is 87.9 Å². The number of carbonyl (C=O) groups is 1. The first-order valence-electron chi connectivity index (χ1n) is 10.1. The molecule has 3 heterocycles. The van der Waals surface area contributed by atoms with Crippen LogP contribution < -0.4 is 9.47 Å². The van der Waals surface area contributed by atoms with Gasteiger partial charge in [-0.15, -0.1) is 0 Å². The normalized spacial score (nSPS) is 19.4. The predicted molar refractivity (Wildman–Crippen MR) is 122 cm³/mol. The smallest absolute Gasteiger partial charge is 0.342 e. The van der Waals surface area contributed by atoms with E-state index in [0.717, 1.165) is 17.3 Å². The number of aliphatic hydroxyl groups is 1. The summed E-state index contributed by atoms with van der Waals surface area (Å²) in [5.74, 6) is -1.47. The molecular formula is C24H15ClN2O5S. The molecule has 0 saturated carbocycles. The molecule has 2 aliphatic heterocycles. The summed E-state index contributed by atoms with van der Waals surface area (Å²) < 4.78 is 25.0. The van der Waals surface area contributed by atoms with Gasteiger partial charge in [-0.1, -0.05) is 29.8 Å². The Balaban J connectivity index is 1.54. The van der Waals surface area contributed by atoms with Gasteiger partial charge in [0.15, 0.2) is 11.5 Å². The first-order chi connectivity index (χ1) is 16.0. The summed E-state index contributed by atoms with van der Waals surface area (Å²) in [6.07, 6.45) is 0.260. The van der Waals surface area contributed by atoms with Crippen LogP contribution in [-0.2, 0) is 21.7 Å². The van der Waals surface area contributed by atoms with Crippen molar-refractivity contribution in [1.29, 1.82) is 0 Å². The van der Waals surface area contributed by atoms with Crippen LogP contribution in [0, 0.1) is 0 Å². The first kappa shape index (κ1) is 20.2. The van der Waals surface area contributed by atoms with Gasteiger partial charge in [-0.2, -0.15) is 8.75 Å². The van der Waals surface area contributed by atoms with E-state index in [1.165, 1.54) is 0 Å². The van der Waals surface area contributed by atoms with Crippen LogP contribution in [0.3, 0.4) is 0 Å². The van der Waals surface area contributed by atoms with Crippen LogP contribution in [0.1, 0.15) is 16.7 Å². The predicted octanol–water partition coefficient (Wildman–Crippen LogP) is 4.47. The largest absolute Gasteiger partial charge is 0.454 e. The highest BCUT2D eigenvalue weighted by atomic mass is 35.5. The van der Waals surface area contributed by atoms with Gasteiger partial charge >= 0.3 is 5.97 Å². The fourth-order valence-electron chi connectivity index (χ4n) is 4.12. The van der Waals surface area contributed by atoms with E-state index in [1.54, 1.807) is 48.5 Å². The molecule has 1 unspecified atom stereocenters. The van der Waals surface area contributed by atoms with Gasteiger partial charge in [-0.05, 0) is 53.6 Å². The van der Waals surface area contributed by atoms with Crippen molar-refractivity contribution >= 4 is 45.9 Å². The Labute approximate surface area is 197 Å². The zero-order chi connectivity index (χ0) is 22.6. The van der Waals surface area contributed by atoms with Crippen molar-refractivity contribution in [3.63, 3.8) is 0 Å². The molecule has 3 aromatic carbocycles. The van der Waals surface area contributed by atoms with E-state index in [0.29, 0.717) is 44.3 Å². The van der Waals surface area contributed by atoms with Crippen molar-refractivity contribution in [2.45, 2.75) is 12.2 Å². The van der Waals surface area contributed by atoms with Crippen molar-refractivity contribution in [2.24, 2.45) is 0 Å². The second kappa shape index (κ2) is 7.55. The molecule has 9 heteroatoms. The van der Waals surface area contributed by atoms with E-state index in [2.05, 4.69) is 8.75 Å². The maximum atomic E-state index is 13.2. The number of cyclic esters (lactones) is 1. The van der Waals surface area contributed by atoms with E-state index < -0.39 is 11.8 Å². The highest BCUT2D eigenvalue weighted by Gasteiger charge is 2.48. The summed E-state index contributed by atoms with van der Waals surface area (Å²) in [4.78, 5) is 13.2. The zero-order valence-electron chi connectivity index (χ0n) is 16.9.